The fraction of sp³-hybridized carbons (Fsp3) is 0.684. The molecule has 0 bridgehead atoms. The highest BCUT2D eigenvalue weighted by molar-refractivity contribution is 5.29. The van der Waals surface area contributed by atoms with Crippen LogP contribution in [0.5, 0.6) is 0 Å². The minimum absolute atomic E-state index is 0.254. The molecular formula is C19H27F3N2. The molecule has 1 aliphatic heterocycles. The van der Waals surface area contributed by atoms with E-state index >= 15 is 0 Å². The zero-order valence-corrected chi connectivity index (χ0v) is 14.3. The molecule has 3 atom stereocenters. The lowest BCUT2D eigenvalue weighted by molar-refractivity contribution is -0.137. The average molecular weight is 340 g/mol. The van der Waals surface area contributed by atoms with Crippen molar-refractivity contribution in [3.8, 4) is 0 Å². The first-order chi connectivity index (χ1) is 11.5. The maximum Gasteiger partial charge on any atom is 0.416 e. The minimum atomic E-state index is -4.26. The smallest absolute Gasteiger partial charge is 0.255 e. The first kappa shape index (κ1) is 17.7. The van der Waals surface area contributed by atoms with Crippen LogP contribution in [0.3, 0.4) is 0 Å². The SMILES string of the molecule is CCCCNN1C[C@H]2CCC[C@@H](c3cccc(C(F)(F)F)c3)[C@@H]2C1. The molecule has 5 heteroatoms. The quantitative estimate of drug-likeness (QED) is 0.773. The van der Waals surface area contributed by atoms with Crippen molar-refractivity contribution in [2.45, 2.75) is 51.1 Å². The third-order valence-corrected chi connectivity index (χ3v) is 5.61. The molecule has 1 heterocycles. The molecule has 3 rings (SSSR count). The molecule has 2 aliphatic rings. The van der Waals surface area contributed by atoms with Crippen LogP contribution in [-0.4, -0.2) is 24.6 Å². The number of hydrogen-bond acceptors (Lipinski definition) is 2. The van der Waals surface area contributed by atoms with Gasteiger partial charge in [-0.2, -0.15) is 13.2 Å². The Hall–Kier alpha value is -1.07. The van der Waals surface area contributed by atoms with E-state index in [9.17, 15) is 13.2 Å². The average Bonchev–Trinajstić information content (AvgIpc) is 2.97. The molecule has 1 aliphatic carbocycles. The zero-order valence-electron chi connectivity index (χ0n) is 14.3. The maximum atomic E-state index is 13.0. The Bertz CT molecular complexity index is 544. The van der Waals surface area contributed by atoms with Gasteiger partial charge in [-0.25, -0.2) is 5.01 Å². The number of halogens is 3. The Kier molecular flexibility index (Phi) is 5.50. The third kappa shape index (κ3) is 3.94. The first-order valence-electron chi connectivity index (χ1n) is 9.14. The highest BCUT2D eigenvalue weighted by Gasteiger charge is 2.41. The predicted octanol–water partition coefficient (Wildman–Crippen LogP) is 4.83. The lowest BCUT2D eigenvalue weighted by Gasteiger charge is -2.33. The van der Waals surface area contributed by atoms with Crippen LogP contribution in [0, 0.1) is 11.8 Å². The summed E-state index contributed by atoms with van der Waals surface area (Å²) in [5.74, 6) is 1.33. The van der Waals surface area contributed by atoms with Crippen LogP contribution >= 0.6 is 0 Å². The number of benzene rings is 1. The van der Waals surface area contributed by atoms with Gasteiger partial charge in [-0.1, -0.05) is 38.0 Å². The summed E-state index contributed by atoms with van der Waals surface area (Å²) < 4.78 is 39.1. The van der Waals surface area contributed by atoms with E-state index in [0.717, 1.165) is 44.5 Å². The van der Waals surface area contributed by atoms with Gasteiger partial charge in [0.25, 0.3) is 0 Å². The Morgan fingerprint density at radius 2 is 2.04 bits per heavy atom. The molecule has 2 fully saturated rings. The second kappa shape index (κ2) is 7.44. The largest absolute Gasteiger partial charge is 0.416 e. The van der Waals surface area contributed by atoms with E-state index in [2.05, 4.69) is 17.4 Å². The maximum absolute atomic E-state index is 13.0. The van der Waals surface area contributed by atoms with Crippen LogP contribution in [-0.2, 0) is 6.18 Å². The lowest BCUT2D eigenvalue weighted by Crippen LogP contribution is -2.37. The van der Waals surface area contributed by atoms with E-state index in [-0.39, 0.29) is 5.92 Å². The van der Waals surface area contributed by atoms with Crippen LogP contribution < -0.4 is 5.43 Å². The molecular weight excluding hydrogens is 313 g/mol. The predicted molar refractivity (Wildman–Crippen MR) is 89.5 cm³/mol. The van der Waals surface area contributed by atoms with Gasteiger partial charge < -0.3 is 0 Å². The minimum Gasteiger partial charge on any atom is -0.255 e. The van der Waals surface area contributed by atoms with Crippen LogP contribution in [0.2, 0.25) is 0 Å². The second-order valence-corrected chi connectivity index (χ2v) is 7.25. The molecule has 1 saturated carbocycles. The van der Waals surface area contributed by atoms with E-state index in [1.165, 1.54) is 25.0 Å². The van der Waals surface area contributed by atoms with Gasteiger partial charge in [0.2, 0.25) is 0 Å². The van der Waals surface area contributed by atoms with E-state index in [1.807, 2.05) is 6.07 Å². The highest BCUT2D eigenvalue weighted by Crippen LogP contribution is 2.45. The summed E-state index contributed by atoms with van der Waals surface area (Å²) >= 11 is 0. The summed E-state index contributed by atoms with van der Waals surface area (Å²) in [6.45, 7) is 5.15. The number of rotatable bonds is 5. The van der Waals surface area contributed by atoms with Gasteiger partial charge in [-0.05, 0) is 48.6 Å². The molecule has 0 aromatic heterocycles. The Balaban J connectivity index is 1.72. The summed E-state index contributed by atoms with van der Waals surface area (Å²) in [7, 11) is 0. The fourth-order valence-corrected chi connectivity index (χ4v) is 4.37. The molecule has 0 unspecified atom stereocenters. The number of nitrogens with zero attached hydrogens (tertiary/aromatic N) is 1. The molecule has 134 valence electrons. The third-order valence-electron chi connectivity index (χ3n) is 5.61. The summed E-state index contributed by atoms with van der Waals surface area (Å²) in [5.41, 5.74) is 3.85. The van der Waals surface area contributed by atoms with Crippen molar-refractivity contribution in [1.82, 2.24) is 10.4 Å². The van der Waals surface area contributed by atoms with Gasteiger partial charge in [0.1, 0.15) is 0 Å². The number of hydrazine groups is 1. The summed E-state index contributed by atoms with van der Waals surface area (Å²) in [6, 6.07) is 6.00. The standard InChI is InChI=1S/C19H27F3N2/c1-2-3-10-23-24-12-15-7-5-9-17(18(15)13-24)14-6-4-8-16(11-14)19(20,21)22/h4,6,8,11,15,17-18,23H,2-3,5,7,9-10,12-13H2,1H3/t15-,17+,18-/m1/s1. The Morgan fingerprint density at radius 3 is 2.79 bits per heavy atom. The Morgan fingerprint density at radius 1 is 1.21 bits per heavy atom. The zero-order chi connectivity index (χ0) is 17.2. The van der Waals surface area contributed by atoms with Crippen LogP contribution in [0.4, 0.5) is 13.2 Å². The van der Waals surface area contributed by atoms with Crippen LogP contribution in [0.25, 0.3) is 0 Å². The van der Waals surface area contributed by atoms with E-state index in [4.69, 9.17) is 0 Å². The summed E-state index contributed by atoms with van der Waals surface area (Å²) in [6.07, 6.45) is 1.39. The number of alkyl halides is 3. The molecule has 0 spiro atoms. The van der Waals surface area contributed by atoms with Gasteiger partial charge in [-0.15, -0.1) is 0 Å². The second-order valence-electron chi connectivity index (χ2n) is 7.25. The summed E-state index contributed by atoms with van der Waals surface area (Å²) in [4.78, 5) is 0. The number of nitrogens with one attached hydrogen (secondary N) is 1. The van der Waals surface area contributed by atoms with Crippen molar-refractivity contribution in [2.24, 2.45) is 11.8 Å². The van der Waals surface area contributed by atoms with Crippen molar-refractivity contribution >= 4 is 0 Å². The molecule has 1 saturated heterocycles. The molecule has 1 aromatic carbocycles. The topological polar surface area (TPSA) is 15.3 Å². The molecule has 2 nitrogen and oxygen atoms in total. The molecule has 0 radical (unpaired) electrons. The number of hydrogen-bond donors (Lipinski definition) is 1. The molecule has 24 heavy (non-hydrogen) atoms. The monoisotopic (exact) mass is 340 g/mol. The van der Waals surface area contributed by atoms with Gasteiger partial charge in [-0.3, -0.25) is 5.43 Å². The first-order valence-corrected chi connectivity index (χ1v) is 9.14. The molecule has 1 aromatic rings. The van der Waals surface area contributed by atoms with Gasteiger partial charge in [0.05, 0.1) is 5.56 Å². The van der Waals surface area contributed by atoms with Crippen molar-refractivity contribution in [3.63, 3.8) is 0 Å². The fourth-order valence-electron chi connectivity index (χ4n) is 4.37. The van der Waals surface area contributed by atoms with Gasteiger partial charge >= 0.3 is 6.18 Å². The number of unbranched alkanes of at least 4 members (excludes halogenated alkanes) is 1. The van der Waals surface area contributed by atoms with Crippen molar-refractivity contribution < 1.29 is 13.2 Å². The highest BCUT2D eigenvalue weighted by atomic mass is 19.4. The normalized spacial score (nSPS) is 28.1. The van der Waals surface area contributed by atoms with Crippen molar-refractivity contribution in [2.75, 3.05) is 19.6 Å². The van der Waals surface area contributed by atoms with Crippen LogP contribution in [0.15, 0.2) is 24.3 Å². The van der Waals surface area contributed by atoms with Crippen molar-refractivity contribution in [1.29, 1.82) is 0 Å². The molecule has 1 N–H and O–H groups in total. The van der Waals surface area contributed by atoms with Gasteiger partial charge in [0, 0.05) is 19.6 Å². The Labute approximate surface area is 142 Å². The summed E-state index contributed by atoms with van der Waals surface area (Å²) in [5, 5.41) is 2.30. The number of fused-ring (bicyclic) bond motifs is 1. The molecule has 0 amide bonds. The van der Waals surface area contributed by atoms with E-state index in [1.54, 1.807) is 6.07 Å². The lowest BCUT2D eigenvalue weighted by atomic mass is 9.71. The van der Waals surface area contributed by atoms with Crippen LogP contribution in [0.1, 0.15) is 56.1 Å². The van der Waals surface area contributed by atoms with Crippen molar-refractivity contribution in [3.05, 3.63) is 35.4 Å². The van der Waals surface area contributed by atoms with E-state index < -0.39 is 11.7 Å². The van der Waals surface area contributed by atoms with Gasteiger partial charge in [0.15, 0.2) is 0 Å². The van der Waals surface area contributed by atoms with E-state index in [0.29, 0.717) is 11.8 Å².